The van der Waals surface area contributed by atoms with Crippen LogP contribution in [0, 0.1) is 0 Å². The second-order valence-corrected chi connectivity index (χ2v) is 4.80. The highest BCUT2D eigenvalue weighted by Crippen LogP contribution is 2.26. The summed E-state index contributed by atoms with van der Waals surface area (Å²) in [5.74, 6) is 0. The van der Waals surface area contributed by atoms with Gasteiger partial charge in [-0.25, -0.2) is 0 Å². The number of azide groups is 1. The number of aromatic nitrogens is 1. The van der Waals surface area contributed by atoms with Crippen LogP contribution < -0.4 is 0 Å². The number of aliphatic hydroxyl groups excluding tert-OH is 1. The zero-order chi connectivity index (χ0) is 14.9. The van der Waals surface area contributed by atoms with E-state index in [2.05, 4.69) is 27.3 Å². The topological polar surface area (TPSA) is 95.0 Å². The SMILES string of the molecule is [N-]=[N+]=NC(CCCc1ccccc1)c1nocc1CCO. The van der Waals surface area contributed by atoms with Gasteiger partial charge in [0.25, 0.3) is 0 Å². The predicted molar refractivity (Wildman–Crippen MR) is 78.6 cm³/mol. The summed E-state index contributed by atoms with van der Waals surface area (Å²) in [6.07, 6.45) is 4.46. The molecule has 0 bridgehead atoms. The fraction of sp³-hybridized carbons (Fsp3) is 0.400. The average molecular weight is 286 g/mol. The highest BCUT2D eigenvalue weighted by Gasteiger charge is 2.17. The maximum Gasteiger partial charge on any atom is 0.127 e. The third kappa shape index (κ3) is 4.34. The molecule has 0 saturated carbocycles. The van der Waals surface area contributed by atoms with Crippen molar-refractivity contribution in [2.24, 2.45) is 5.11 Å². The van der Waals surface area contributed by atoms with E-state index in [9.17, 15) is 0 Å². The lowest BCUT2D eigenvalue weighted by atomic mass is 10.0. The second kappa shape index (κ2) is 8.09. The van der Waals surface area contributed by atoms with Crippen molar-refractivity contribution in [1.82, 2.24) is 5.16 Å². The average Bonchev–Trinajstić information content (AvgIpc) is 2.96. The number of aryl methyl sites for hydroxylation is 1. The molecular formula is C15H18N4O2. The molecule has 110 valence electrons. The zero-order valence-electron chi connectivity index (χ0n) is 11.7. The van der Waals surface area contributed by atoms with Crippen LogP contribution in [0.5, 0.6) is 0 Å². The second-order valence-electron chi connectivity index (χ2n) is 4.80. The lowest BCUT2D eigenvalue weighted by molar-refractivity contribution is 0.298. The summed E-state index contributed by atoms with van der Waals surface area (Å²) in [4.78, 5) is 2.90. The molecule has 6 heteroatoms. The van der Waals surface area contributed by atoms with Crippen molar-refractivity contribution >= 4 is 0 Å². The molecular weight excluding hydrogens is 268 g/mol. The van der Waals surface area contributed by atoms with Crippen molar-refractivity contribution < 1.29 is 9.63 Å². The molecule has 1 aromatic heterocycles. The van der Waals surface area contributed by atoms with Crippen LogP contribution in [0.15, 0.2) is 46.2 Å². The van der Waals surface area contributed by atoms with Crippen LogP contribution in [0.3, 0.4) is 0 Å². The Hall–Kier alpha value is -2.30. The van der Waals surface area contributed by atoms with Gasteiger partial charge in [0.15, 0.2) is 0 Å². The van der Waals surface area contributed by atoms with Gasteiger partial charge in [0, 0.05) is 23.5 Å². The first-order valence-corrected chi connectivity index (χ1v) is 6.97. The molecule has 0 aliphatic heterocycles. The number of nitrogens with zero attached hydrogens (tertiary/aromatic N) is 4. The third-order valence-corrected chi connectivity index (χ3v) is 3.35. The number of rotatable bonds is 8. The van der Waals surface area contributed by atoms with Gasteiger partial charge >= 0.3 is 0 Å². The van der Waals surface area contributed by atoms with Crippen molar-refractivity contribution in [2.45, 2.75) is 31.7 Å². The molecule has 1 unspecified atom stereocenters. The van der Waals surface area contributed by atoms with Crippen LogP contribution in [0.1, 0.15) is 35.7 Å². The molecule has 1 heterocycles. The van der Waals surface area contributed by atoms with E-state index in [1.165, 1.54) is 11.8 Å². The maximum absolute atomic E-state index is 9.03. The standard InChI is InChI=1S/C15H18N4O2/c16-19-17-14(15-13(9-10-20)11-21-18-15)8-4-7-12-5-2-1-3-6-12/h1-3,5-6,11,14,20H,4,7-10H2. The van der Waals surface area contributed by atoms with E-state index in [0.717, 1.165) is 18.4 Å². The fourth-order valence-corrected chi connectivity index (χ4v) is 2.30. The van der Waals surface area contributed by atoms with E-state index in [0.29, 0.717) is 18.5 Å². The Balaban J connectivity index is 1.99. The molecule has 2 rings (SSSR count). The minimum Gasteiger partial charge on any atom is -0.396 e. The summed E-state index contributed by atoms with van der Waals surface area (Å²) in [6, 6.07) is 9.82. The van der Waals surface area contributed by atoms with Gasteiger partial charge in [0.05, 0.1) is 11.7 Å². The summed E-state index contributed by atoms with van der Waals surface area (Å²) in [7, 11) is 0. The van der Waals surface area contributed by atoms with Crippen LogP contribution in [-0.2, 0) is 12.8 Å². The third-order valence-electron chi connectivity index (χ3n) is 3.35. The number of hydrogen-bond acceptors (Lipinski definition) is 4. The van der Waals surface area contributed by atoms with Gasteiger partial charge in [0.2, 0.25) is 0 Å². The first kappa shape index (κ1) is 15.1. The van der Waals surface area contributed by atoms with Crippen LogP contribution in [0.25, 0.3) is 10.4 Å². The Morgan fingerprint density at radius 2 is 2.10 bits per heavy atom. The molecule has 0 fully saturated rings. The van der Waals surface area contributed by atoms with Gasteiger partial charge in [-0.1, -0.05) is 40.6 Å². The Labute approximate surface area is 123 Å². The van der Waals surface area contributed by atoms with Crippen molar-refractivity contribution in [3.63, 3.8) is 0 Å². The summed E-state index contributed by atoms with van der Waals surface area (Å²) in [5.41, 5.74) is 11.4. The molecule has 21 heavy (non-hydrogen) atoms. The molecule has 2 aromatic rings. The van der Waals surface area contributed by atoms with Crippen molar-refractivity contribution in [1.29, 1.82) is 0 Å². The highest BCUT2D eigenvalue weighted by atomic mass is 16.5. The van der Waals surface area contributed by atoms with E-state index in [-0.39, 0.29) is 12.6 Å². The van der Waals surface area contributed by atoms with Crippen molar-refractivity contribution in [3.8, 4) is 0 Å². The molecule has 6 nitrogen and oxygen atoms in total. The summed E-state index contributed by atoms with van der Waals surface area (Å²) in [6.45, 7) is 0.0151. The first-order valence-electron chi connectivity index (χ1n) is 6.97. The summed E-state index contributed by atoms with van der Waals surface area (Å²) in [5, 5.41) is 16.8. The Kier molecular flexibility index (Phi) is 5.82. The highest BCUT2D eigenvalue weighted by molar-refractivity contribution is 5.19. The minimum absolute atomic E-state index is 0.0151. The lowest BCUT2D eigenvalue weighted by Gasteiger charge is -2.09. The fourth-order valence-electron chi connectivity index (χ4n) is 2.30. The van der Waals surface area contributed by atoms with Gasteiger partial charge in [-0.15, -0.1) is 0 Å². The first-order chi connectivity index (χ1) is 10.3. The Morgan fingerprint density at radius 3 is 2.81 bits per heavy atom. The minimum atomic E-state index is -0.348. The van der Waals surface area contributed by atoms with E-state index in [1.54, 1.807) is 0 Å². The molecule has 0 amide bonds. The number of aliphatic hydroxyl groups is 1. The van der Waals surface area contributed by atoms with E-state index < -0.39 is 0 Å². The van der Waals surface area contributed by atoms with Crippen LogP contribution in [-0.4, -0.2) is 16.9 Å². The monoisotopic (exact) mass is 286 g/mol. The smallest absolute Gasteiger partial charge is 0.127 e. The molecule has 0 radical (unpaired) electrons. The van der Waals surface area contributed by atoms with E-state index >= 15 is 0 Å². The molecule has 1 N–H and O–H groups in total. The zero-order valence-corrected chi connectivity index (χ0v) is 11.7. The van der Waals surface area contributed by atoms with Crippen molar-refractivity contribution in [3.05, 3.63) is 63.9 Å². The van der Waals surface area contributed by atoms with Gasteiger partial charge in [-0.2, -0.15) is 0 Å². The number of benzene rings is 1. The molecule has 1 aromatic carbocycles. The molecule has 0 saturated heterocycles. The van der Waals surface area contributed by atoms with Crippen molar-refractivity contribution in [2.75, 3.05) is 6.61 Å². The van der Waals surface area contributed by atoms with Gasteiger partial charge in [-0.3, -0.25) is 0 Å². The van der Waals surface area contributed by atoms with Crippen LogP contribution >= 0.6 is 0 Å². The molecule has 1 atom stereocenters. The van der Waals surface area contributed by atoms with Gasteiger partial charge in [-0.05, 0) is 30.4 Å². The largest absolute Gasteiger partial charge is 0.396 e. The summed E-state index contributed by atoms with van der Waals surface area (Å²) >= 11 is 0. The van der Waals surface area contributed by atoms with E-state index in [1.807, 2.05) is 18.2 Å². The Bertz CT molecular complexity index is 591. The normalized spacial score (nSPS) is 11.9. The van der Waals surface area contributed by atoms with Crippen LogP contribution in [0.2, 0.25) is 0 Å². The molecule has 0 aliphatic carbocycles. The predicted octanol–water partition coefficient (Wildman–Crippen LogP) is 3.58. The molecule has 0 spiro atoms. The van der Waals surface area contributed by atoms with Crippen LogP contribution in [0.4, 0.5) is 0 Å². The van der Waals surface area contributed by atoms with Gasteiger partial charge in [0.1, 0.15) is 6.26 Å². The lowest BCUT2D eigenvalue weighted by Crippen LogP contribution is -2.02. The quantitative estimate of drug-likeness (QED) is 0.456. The Morgan fingerprint density at radius 1 is 1.29 bits per heavy atom. The maximum atomic E-state index is 9.03. The van der Waals surface area contributed by atoms with Gasteiger partial charge < -0.3 is 9.63 Å². The van der Waals surface area contributed by atoms with E-state index in [4.69, 9.17) is 15.2 Å². The number of hydrogen-bond donors (Lipinski definition) is 1. The summed E-state index contributed by atoms with van der Waals surface area (Å²) < 4.78 is 4.95. The molecule has 0 aliphatic rings.